The summed E-state index contributed by atoms with van der Waals surface area (Å²) in [5.41, 5.74) is 8.46. The molecule has 242 valence electrons. The molecule has 0 aliphatic carbocycles. The third-order valence-corrected chi connectivity index (χ3v) is 11.6. The molecule has 0 fully saturated rings. The third-order valence-electron chi connectivity index (χ3n) is 10.4. The molecular weight excluding hydrogens is 651 g/mol. The molecule has 3 heterocycles. The molecule has 0 aliphatic heterocycles. The maximum Gasteiger partial charge on any atom is 0.160 e. The molecule has 0 saturated carbocycles. The number of rotatable bonds is 4. The Kier molecular flexibility index (Phi) is 6.42. The van der Waals surface area contributed by atoms with E-state index in [4.69, 9.17) is 9.97 Å². The Labute approximate surface area is 303 Å². The van der Waals surface area contributed by atoms with Gasteiger partial charge in [-0.05, 0) is 58.6 Å². The maximum absolute atomic E-state index is 5.11. The van der Waals surface area contributed by atoms with E-state index in [0.717, 1.165) is 33.8 Å². The van der Waals surface area contributed by atoms with Crippen LogP contribution in [0.3, 0.4) is 0 Å². The average Bonchev–Trinajstić information content (AvgIpc) is 3.78. The highest BCUT2D eigenvalue weighted by atomic mass is 32.1. The predicted octanol–water partition coefficient (Wildman–Crippen LogP) is 13.2. The summed E-state index contributed by atoms with van der Waals surface area (Å²) < 4.78 is 5.12. The summed E-state index contributed by atoms with van der Waals surface area (Å²) >= 11 is 1.90. The molecule has 0 saturated heterocycles. The van der Waals surface area contributed by atoms with Gasteiger partial charge in [0.2, 0.25) is 0 Å². The van der Waals surface area contributed by atoms with E-state index >= 15 is 0 Å². The lowest BCUT2D eigenvalue weighted by atomic mass is 9.96. The highest BCUT2D eigenvalue weighted by Gasteiger charge is 2.22. The molecule has 0 N–H and O–H groups in total. The molecule has 0 amide bonds. The van der Waals surface area contributed by atoms with Crippen molar-refractivity contribution in [3.8, 4) is 39.6 Å². The monoisotopic (exact) mass is 679 g/mol. The number of hydrogen-bond acceptors (Lipinski definition) is 3. The van der Waals surface area contributed by atoms with Crippen LogP contribution in [-0.4, -0.2) is 14.5 Å². The highest BCUT2D eigenvalue weighted by molar-refractivity contribution is 7.26. The molecule has 0 radical (unpaired) electrons. The van der Waals surface area contributed by atoms with Crippen molar-refractivity contribution in [3.63, 3.8) is 0 Å². The first-order valence-electron chi connectivity index (χ1n) is 17.6. The molecular formula is C48H29N3S. The molecule has 11 rings (SSSR count). The van der Waals surface area contributed by atoms with Gasteiger partial charge in [0, 0.05) is 58.7 Å². The zero-order valence-corrected chi connectivity index (χ0v) is 28.8. The molecule has 0 atom stereocenters. The van der Waals surface area contributed by atoms with Crippen molar-refractivity contribution in [2.75, 3.05) is 0 Å². The fraction of sp³-hybridized carbons (Fsp3) is 0. The van der Waals surface area contributed by atoms with Crippen LogP contribution >= 0.6 is 11.3 Å². The Hall–Kier alpha value is -6.62. The van der Waals surface area contributed by atoms with Crippen molar-refractivity contribution in [2.24, 2.45) is 0 Å². The normalized spacial score (nSPS) is 11.8. The number of fused-ring (bicyclic) bond motifs is 12. The average molecular weight is 680 g/mol. The Morgan fingerprint density at radius 1 is 0.404 bits per heavy atom. The molecule has 8 aromatic carbocycles. The first kappa shape index (κ1) is 29.1. The van der Waals surface area contributed by atoms with Crippen molar-refractivity contribution in [1.82, 2.24) is 14.5 Å². The molecule has 52 heavy (non-hydrogen) atoms. The van der Waals surface area contributed by atoms with Gasteiger partial charge >= 0.3 is 0 Å². The number of hydrogen-bond donors (Lipinski definition) is 0. The second-order valence-electron chi connectivity index (χ2n) is 13.3. The zero-order chi connectivity index (χ0) is 34.2. The number of nitrogens with zero attached hydrogens (tertiary/aromatic N) is 3. The molecule has 3 aromatic heterocycles. The highest BCUT2D eigenvalue weighted by Crippen LogP contribution is 2.47. The summed E-state index contributed by atoms with van der Waals surface area (Å²) in [6.07, 6.45) is 0. The first-order valence-corrected chi connectivity index (χ1v) is 18.4. The van der Waals surface area contributed by atoms with Gasteiger partial charge in [0.1, 0.15) is 0 Å². The van der Waals surface area contributed by atoms with E-state index in [0.29, 0.717) is 5.82 Å². The van der Waals surface area contributed by atoms with Crippen LogP contribution in [0.25, 0.3) is 103 Å². The number of aromatic nitrogens is 3. The largest absolute Gasteiger partial charge is 0.309 e. The van der Waals surface area contributed by atoms with Crippen molar-refractivity contribution in [3.05, 3.63) is 176 Å². The molecule has 3 nitrogen and oxygen atoms in total. The Morgan fingerprint density at radius 3 is 1.63 bits per heavy atom. The molecule has 0 aliphatic rings. The summed E-state index contributed by atoms with van der Waals surface area (Å²) in [6.45, 7) is 0. The second-order valence-corrected chi connectivity index (χ2v) is 14.4. The standard InChI is InChI=1S/C48H29N3S/c1-3-13-30(14-4-1)40-29-41(31-15-5-2-6-16-31)50-48(49-40)32-23-25-33(26-24-32)51-42-28-27-39-36-19-11-12-22-43(36)52-47(39)45(42)44-37-20-9-7-17-34(37)35-18-8-10-21-38(35)46(44)51/h1-29H. The summed E-state index contributed by atoms with van der Waals surface area (Å²) in [7, 11) is 0. The molecule has 0 bridgehead atoms. The fourth-order valence-electron chi connectivity index (χ4n) is 8.05. The first-order chi connectivity index (χ1) is 25.8. The molecule has 0 spiro atoms. The Bertz CT molecular complexity index is 3100. The molecule has 11 aromatic rings. The van der Waals surface area contributed by atoms with Crippen LogP contribution in [0, 0.1) is 0 Å². The third kappa shape index (κ3) is 4.38. The minimum absolute atomic E-state index is 0.706. The van der Waals surface area contributed by atoms with Crippen LogP contribution in [0.4, 0.5) is 0 Å². The van der Waals surface area contributed by atoms with Crippen molar-refractivity contribution in [1.29, 1.82) is 0 Å². The van der Waals surface area contributed by atoms with E-state index in [9.17, 15) is 0 Å². The van der Waals surface area contributed by atoms with Crippen molar-refractivity contribution < 1.29 is 0 Å². The summed E-state index contributed by atoms with van der Waals surface area (Å²) in [5.74, 6) is 0.706. The van der Waals surface area contributed by atoms with Gasteiger partial charge < -0.3 is 4.57 Å². The Morgan fingerprint density at radius 2 is 0.962 bits per heavy atom. The van der Waals surface area contributed by atoms with Crippen LogP contribution < -0.4 is 0 Å². The quantitative estimate of drug-likeness (QED) is 0.173. The maximum atomic E-state index is 5.11. The van der Waals surface area contributed by atoms with Gasteiger partial charge in [-0.3, -0.25) is 0 Å². The van der Waals surface area contributed by atoms with E-state index in [1.54, 1.807) is 0 Å². The summed E-state index contributed by atoms with van der Waals surface area (Å²) in [4.78, 5) is 10.2. The van der Waals surface area contributed by atoms with E-state index < -0.39 is 0 Å². The van der Waals surface area contributed by atoms with Gasteiger partial charge in [-0.25, -0.2) is 9.97 Å². The summed E-state index contributed by atoms with van der Waals surface area (Å²) in [6, 6.07) is 62.8. The minimum atomic E-state index is 0.706. The van der Waals surface area contributed by atoms with Crippen LogP contribution in [0.2, 0.25) is 0 Å². The number of benzene rings is 8. The fourth-order valence-corrected chi connectivity index (χ4v) is 9.30. The van der Waals surface area contributed by atoms with Gasteiger partial charge in [0.05, 0.1) is 22.4 Å². The summed E-state index contributed by atoms with van der Waals surface area (Å²) in [5, 5.41) is 10.3. The van der Waals surface area contributed by atoms with Crippen molar-refractivity contribution >= 4 is 74.9 Å². The van der Waals surface area contributed by atoms with Crippen LogP contribution in [0.15, 0.2) is 176 Å². The van der Waals surface area contributed by atoms with E-state index in [1.807, 2.05) is 23.5 Å². The van der Waals surface area contributed by atoms with Gasteiger partial charge in [0.25, 0.3) is 0 Å². The smallest absolute Gasteiger partial charge is 0.160 e. The predicted molar refractivity (Wildman–Crippen MR) is 221 cm³/mol. The lowest BCUT2D eigenvalue weighted by Crippen LogP contribution is -1.97. The van der Waals surface area contributed by atoms with Crippen LogP contribution in [0.1, 0.15) is 0 Å². The van der Waals surface area contributed by atoms with Crippen LogP contribution in [-0.2, 0) is 0 Å². The second kappa shape index (κ2) is 11.5. The van der Waals surface area contributed by atoms with E-state index in [2.05, 4.69) is 168 Å². The van der Waals surface area contributed by atoms with Gasteiger partial charge in [0.15, 0.2) is 5.82 Å². The van der Waals surface area contributed by atoms with E-state index in [1.165, 1.54) is 63.5 Å². The van der Waals surface area contributed by atoms with Gasteiger partial charge in [-0.15, -0.1) is 11.3 Å². The van der Waals surface area contributed by atoms with E-state index in [-0.39, 0.29) is 0 Å². The molecule has 4 heteroatoms. The SMILES string of the molecule is c1ccc(-c2cc(-c3ccccc3)nc(-c3ccc(-n4c5ccc6c7ccccc7sc6c5c5c6ccccc6c6ccccc6c54)cc3)n2)cc1. The minimum Gasteiger partial charge on any atom is -0.309 e. The van der Waals surface area contributed by atoms with Gasteiger partial charge in [-0.1, -0.05) is 133 Å². The van der Waals surface area contributed by atoms with Gasteiger partial charge in [-0.2, -0.15) is 0 Å². The lowest BCUT2D eigenvalue weighted by Gasteiger charge is -2.13. The molecule has 0 unspecified atom stereocenters. The number of thiophene rings is 1. The zero-order valence-electron chi connectivity index (χ0n) is 28.0. The van der Waals surface area contributed by atoms with Crippen molar-refractivity contribution in [2.45, 2.75) is 0 Å². The van der Waals surface area contributed by atoms with Crippen LogP contribution in [0.5, 0.6) is 0 Å². The lowest BCUT2D eigenvalue weighted by molar-refractivity contribution is 1.17. The Balaban J connectivity index is 1.18. The topological polar surface area (TPSA) is 30.7 Å².